The van der Waals surface area contributed by atoms with Crippen LogP contribution in [-0.4, -0.2) is 6.08 Å². The summed E-state index contributed by atoms with van der Waals surface area (Å²) in [7, 11) is -0.519. The van der Waals surface area contributed by atoms with Gasteiger partial charge in [-0.2, -0.15) is 9.90 Å². The largest absolute Gasteiger partial charge is 0.314 e. The number of hydrogen-bond donors (Lipinski definition) is 0. The summed E-state index contributed by atoms with van der Waals surface area (Å²) < 4.78 is 11.7. The van der Waals surface area contributed by atoms with Crippen LogP contribution in [0, 0.1) is 0 Å². The molecule has 0 rings (SSSR count). The van der Waals surface area contributed by atoms with Gasteiger partial charge in [0.25, 0.3) is 0 Å². The fourth-order valence-electron chi connectivity index (χ4n) is 0.0167. The maximum Gasteiger partial charge on any atom is 0.314 e. The molecule has 5 heteroatoms. The summed E-state index contributed by atoms with van der Waals surface area (Å²) in [5.41, 5.74) is 0. The van der Waals surface area contributed by atoms with E-state index in [1.807, 2.05) is 0 Å². The molecule has 3 nitrogen and oxygen atoms in total. The zero-order valence-electron chi connectivity index (χ0n) is 2.92. The number of nitrogens with zero attached hydrogens (tertiary/aromatic N) is 1. The van der Waals surface area contributed by atoms with E-state index in [4.69, 9.17) is 9.36 Å². The van der Waals surface area contributed by atoms with E-state index in [1.54, 1.807) is 0 Å². The molecular weight excluding hydrogens is 120 g/mol. The molecule has 0 aliphatic carbocycles. The fraction of sp³-hybridized carbons (Fsp3) is 0. The predicted octanol–water partition coefficient (Wildman–Crippen LogP) is 0.587. The van der Waals surface area contributed by atoms with Crippen molar-refractivity contribution in [3.63, 3.8) is 0 Å². The first-order chi connectivity index (χ1) is 2.41. The Morgan fingerprint density at radius 3 is 2.17 bits per heavy atom. The third-order valence-corrected chi connectivity index (χ3v) is 0.245. The molecule has 0 bridgehead atoms. The summed E-state index contributed by atoms with van der Waals surface area (Å²) in [6.45, 7) is 0. The molecule has 0 saturated carbocycles. The summed E-state index contributed by atoms with van der Waals surface area (Å²) >= 11 is 0. The van der Waals surface area contributed by atoms with Gasteiger partial charge in [0.05, 0.1) is 0 Å². The van der Waals surface area contributed by atoms with Gasteiger partial charge in [0.15, 0.2) is 0 Å². The van der Waals surface area contributed by atoms with Gasteiger partial charge in [0.1, 0.15) is 0 Å². The second-order valence-electron chi connectivity index (χ2n) is 0.273. The Bertz CT molecular complexity index is 75.6. The molecule has 0 N–H and O–H groups in total. The average molecular weight is 123 g/mol. The molecule has 0 amide bonds. The highest BCUT2D eigenvalue weighted by molar-refractivity contribution is 7.22. The molecular formula is CH3NO2P2. The smallest absolute Gasteiger partial charge is 0.246 e. The fourth-order valence-corrected chi connectivity index (χ4v) is 0.0500. The maximum atomic E-state index is 9.07. The van der Waals surface area contributed by atoms with E-state index in [1.165, 1.54) is 0 Å². The summed E-state index contributed by atoms with van der Waals surface area (Å²) in [4.78, 5) is 8.91. The summed E-state index contributed by atoms with van der Waals surface area (Å²) in [6, 6.07) is 0. The summed E-state index contributed by atoms with van der Waals surface area (Å²) in [6.07, 6.45) is 1.07. The normalized spacial score (nSPS) is 5.33. The van der Waals surface area contributed by atoms with Crippen LogP contribution in [-0.2, 0) is 9.36 Å². The number of rotatable bonds is 1. The van der Waals surface area contributed by atoms with Gasteiger partial charge in [0, 0.05) is 0 Å². The average Bonchev–Trinajstić information content (AvgIpc) is 1.41. The van der Waals surface area contributed by atoms with Crippen LogP contribution >= 0.6 is 18.5 Å². The molecule has 0 aromatic carbocycles. The van der Waals surface area contributed by atoms with E-state index in [9.17, 15) is 0 Å². The minimum atomic E-state index is -0.519. The Morgan fingerprint density at radius 1 is 1.67 bits per heavy atom. The van der Waals surface area contributed by atoms with E-state index < -0.39 is 8.61 Å². The first-order valence-corrected chi connectivity index (χ1v) is 1.58. The van der Waals surface area contributed by atoms with Crippen molar-refractivity contribution in [1.82, 2.24) is 0 Å². The van der Waals surface area contributed by atoms with E-state index in [0.29, 0.717) is 0 Å². The lowest BCUT2D eigenvalue weighted by atomic mass is 11.7. The summed E-state index contributed by atoms with van der Waals surface area (Å²) in [5, 5.41) is 0. The van der Waals surface area contributed by atoms with Crippen LogP contribution in [0.1, 0.15) is 0 Å². The predicted molar refractivity (Wildman–Crippen MR) is 26.8 cm³/mol. The molecule has 0 fully saturated rings. The zero-order chi connectivity index (χ0) is 4.12. The van der Waals surface area contributed by atoms with E-state index >= 15 is 0 Å². The van der Waals surface area contributed by atoms with Crippen molar-refractivity contribution >= 4 is 24.6 Å². The van der Waals surface area contributed by atoms with Crippen LogP contribution in [0.25, 0.3) is 0 Å². The molecule has 0 aromatic heterocycles. The SMILES string of the molecule is O=C=NP=O.P. The monoisotopic (exact) mass is 123 g/mol. The highest BCUT2D eigenvalue weighted by Crippen LogP contribution is 1.84. The van der Waals surface area contributed by atoms with Crippen LogP contribution in [0.3, 0.4) is 0 Å². The number of carbonyl (C=O) groups excluding carboxylic acids is 1. The second kappa shape index (κ2) is 8.86. The maximum absolute atomic E-state index is 9.07. The zero-order valence-corrected chi connectivity index (χ0v) is 5.23. The lowest BCUT2D eigenvalue weighted by Crippen LogP contribution is -1.28. The minimum Gasteiger partial charge on any atom is -0.246 e. The van der Waals surface area contributed by atoms with E-state index in [2.05, 4.69) is 4.76 Å². The van der Waals surface area contributed by atoms with Crippen molar-refractivity contribution in [2.45, 2.75) is 0 Å². The van der Waals surface area contributed by atoms with Gasteiger partial charge in [-0.25, -0.2) is 9.36 Å². The van der Waals surface area contributed by atoms with Gasteiger partial charge in [-0.05, 0) is 0 Å². The minimum absolute atomic E-state index is 0. The first kappa shape index (κ1) is 9.32. The van der Waals surface area contributed by atoms with Crippen molar-refractivity contribution in [2.75, 3.05) is 0 Å². The first-order valence-electron chi connectivity index (χ1n) is 0.810. The topological polar surface area (TPSA) is 46.5 Å². The van der Waals surface area contributed by atoms with Gasteiger partial charge >= 0.3 is 8.61 Å². The number of isocyanates is 1. The molecule has 6 heavy (non-hydrogen) atoms. The Labute approximate surface area is 39.7 Å². The van der Waals surface area contributed by atoms with Crippen molar-refractivity contribution in [3.8, 4) is 0 Å². The van der Waals surface area contributed by atoms with Crippen molar-refractivity contribution in [2.24, 2.45) is 4.76 Å². The highest BCUT2D eigenvalue weighted by Gasteiger charge is 1.51. The van der Waals surface area contributed by atoms with Crippen LogP contribution < -0.4 is 0 Å². The van der Waals surface area contributed by atoms with Crippen molar-refractivity contribution < 1.29 is 9.36 Å². The molecule has 0 saturated heterocycles. The van der Waals surface area contributed by atoms with Crippen LogP contribution in [0.4, 0.5) is 0 Å². The molecule has 0 aliphatic heterocycles. The van der Waals surface area contributed by atoms with E-state index in [0.717, 1.165) is 6.08 Å². The third-order valence-electron chi connectivity index (χ3n) is 0.0816. The van der Waals surface area contributed by atoms with Crippen LogP contribution in [0.5, 0.6) is 0 Å². The van der Waals surface area contributed by atoms with Crippen molar-refractivity contribution in [3.05, 3.63) is 0 Å². The number of hydrogen-bond acceptors (Lipinski definition) is 2. The van der Waals surface area contributed by atoms with Gasteiger partial charge in [0.2, 0.25) is 6.08 Å². The summed E-state index contributed by atoms with van der Waals surface area (Å²) in [5.74, 6) is 0. The molecule has 34 valence electrons. The second-order valence-corrected chi connectivity index (χ2v) is 0.636. The molecule has 0 aliphatic rings. The van der Waals surface area contributed by atoms with Crippen LogP contribution in [0.2, 0.25) is 0 Å². The van der Waals surface area contributed by atoms with Gasteiger partial charge in [-0.3, -0.25) is 0 Å². The Hall–Kier alpha value is -0.0900. The van der Waals surface area contributed by atoms with Gasteiger partial charge in [-0.15, -0.1) is 4.76 Å². The molecule has 0 spiro atoms. The Balaban J connectivity index is 0. The lowest BCUT2D eigenvalue weighted by Gasteiger charge is -1.35. The highest BCUT2D eigenvalue weighted by atomic mass is 31.1. The third kappa shape index (κ3) is 9.08. The van der Waals surface area contributed by atoms with Crippen molar-refractivity contribution in [1.29, 1.82) is 0 Å². The van der Waals surface area contributed by atoms with Gasteiger partial charge < -0.3 is 0 Å². The Morgan fingerprint density at radius 2 is 2.17 bits per heavy atom. The molecule has 1 unspecified atom stereocenters. The molecule has 1 atom stereocenters. The molecule has 0 aromatic rings. The van der Waals surface area contributed by atoms with Gasteiger partial charge in [-0.1, -0.05) is 0 Å². The van der Waals surface area contributed by atoms with E-state index in [-0.39, 0.29) is 9.90 Å². The standard InChI is InChI=1S/CNO2P.H3P/c3-1-2-5-4;/h;1H3. The Kier molecular flexibility index (Phi) is 13.8. The quantitative estimate of drug-likeness (QED) is 0.291. The van der Waals surface area contributed by atoms with Crippen LogP contribution in [0.15, 0.2) is 4.76 Å². The molecule has 0 radical (unpaired) electrons. The molecule has 0 heterocycles. The lowest BCUT2D eigenvalue weighted by molar-refractivity contribution is 0.565.